The van der Waals surface area contributed by atoms with Crippen molar-refractivity contribution in [1.82, 2.24) is 5.32 Å². The fraction of sp³-hybridized carbons (Fsp3) is 0.773. The Hall–Kier alpha value is -2.50. The van der Waals surface area contributed by atoms with Crippen LogP contribution in [-0.2, 0) is 38.1 Å². The number of amides is 1. The van der Waals surface area contributed by atoms with Crippen molar-refractivity contribution in [3.05, 3.63) is 0 Å². The molecular weight excluding hydrogens is 470 g/mol. The molecule has 0 aromatic rings. The van der Waals surface area contributed by atoms with E-state index in [1.807, 2.05) is 0 Å². The van der Waals surface area contributed by atoms with Crippen LogP contribution in [0.15, 0.2) is 0 Å². The molecule has 0 unspecified atom stereocenters. The molecule has 0 bridgehead atoms. The number of alkyl carbamates (subject to hydrolysis) is 1. The average Bonchev–Trinajstić information content (AvgIpc) is 2.86. The number of ether oxygens (including phenoxy) is 5. The van der Waals surface area contributed by atoms with Gasteiger partial charge in [-0.1, -0.05) is 38.5 Å². The predicted octanol–water partition coefficient (Wildman–Crippen LogP) is 3.29. The van der Waals surface area contributed by atoms with Crippen LogP contribution in [0.1, 0.15) is 64.2 Å². The molecule has 1 N–H and O–H groups in total. The topological polar surface area (TPSA) is 144 Å². The van der Waals surface area contributed by atoms with E-state index in [-0.39, 0.29) is 17.6 Å². The van der Waals surface area contributed by atoms with E-state index in [1.54, 1.807) is 0 Å². The number of hydrogen-bond donors (Lipinski definition) is 1. The standard InChI is InChI=1S/C22H33NO10S/c1-29-20(26)17(23-21(27)32-13-30-18(24)15-8-4-2-5-9-15)12-34-22(28)33-14-31-19(25)16-10-6-3-7-11-16/h15-17H,2-14H2,1H3,(H,23,27)/t17-/m0/s1. The number of hydrogen-bond acceptors (Lipinski definition) is 11. The van der Waals surface area contributed by atoms with Crippen LogP contribution in [0.2, 0.25) is 0 Å². The van der Waals surface area contributed by atoms with Crippen LogP contribution in [0.3, 0.4) is 0 Å². The second kappa shape index (κ2) is 15.4. The highest BCUT2D eigenvalue weighted by atomic mass is 32.2. The maximum atomic E-state index is 12.0. The predicted molar refractivity (Wildman–Crippen MR) is 119 cm³/mol. The Balaban J connectivity index is 1.65. The Morgan fingerprint density at radius 1 is 0.765 bits per heavy atom. The van der Waals surface area contributed by atoms with Gasteiger partial charge in [0, 0.05) is 5.75 Å². The number of rotatable bonds is 10. The summed E-state index contributed by atoms with van der Waals surface area (Å²) >= 11 is 0.596. The molecule has 0 heterocycles. The van der Waals surface area contributed by atoms with Gasteiger partial charge in [-0.25, -0.2) is 14.4 Å². The first-order valence-corrected chi connectivity index (χ1v) is 12.5. The molecular formula is C22H33NO10S. The van der Waals surface area contributed by atoms with Gasteiger partial charge in [-0.05, 0) is 37.4 Å². The van der Waals surface area contributed by atoms with Crippen molar-refractivity contribution in [2.24, 2.45) is 11.8 Å². The number of esters is 3. The maximum absolute atomic E-state index is 12.0. The normalized spacial score (nSPS) is 17.7. The van der Waals surface area contributed by atoms with Crippen molar-refractivity contribution in [3.63, 3.8) is 0 Å². The van der Waals surface area contributed by atoms with Crippen molar-refractivity contribution < 1.29 is 47.7 Å². The summed E-state index contributed by atoms with van der Waals surface area (Å²) in [5.74, 6) is -2.18. The van der Waals surface area contributed by atoms with Crippen LogP contribution in [0, 0.1) is 11.8 Å². The zero-order valence-electron chi connectivity index (χ0n) is 19.4. The van der Waals surface area contributed by atoms with E-state index in [1.165, 1.54) is 0 Å². The molecule has 11 nitrogen and oxygen atoms in total. The largest absolute Gasteiger partial charge is 0.467 e. The summed E-state index contributed by atoms with van der Waals surface area (Å²) < 4.78 is 24.2. The van der Waals surface area contributed by atoms with E-state index in [2.05, 4.69) is 10.1 Å². The molecule has 0 spiro atoms. The van der Waals surface area contributed by atoms with Gasteiger partial charge in [-0.3, -0.25) is 9.59 Å². The molecule has 0 radical (unpaired) electrons. The van der Waals surface area contributed by atoms with Crippen LogP contribution < -0.4 is 5.32 Å². The van der Waals surface area contributed by atoms with E-state index in [0.717, 1.165) is 71.3 Å². The van der Waals surface area contributed by atoms with Crippen LogP contribution in [-0.4, -0.2) is 61.8 Å². The quantitative estimate of drug-likeness (QED) is 0.266. The molecule has 192 valence electrons. The van der Waals surface area contributed by atoms with Crippen molar-refractivity contribution in [3.8, 4) is 0 Å². The number of nitrogens with one attached hydrogen (secondary N) is 1. The van der Waals surface area contributed by atoms with Gasteiger partial charge in [-0.2, -0.15) is 0 Å². The lowest BCUT2D eigenvalue weighted by Crippen LogP contribution is -2.44. The summed E-state index contributed by atoms with van der Waals surface area (Å²) in [4.78, 5) is 59.7. The number of carbonyl (C=O) groups excluding carboxylic acids is 5. The lowest BCUT2D eigenvalue weighted by molar-refractivity contribution is -0.159. The lowest BCUT2D eigenvalue weighted by Gasteiger charge is -2.20. The molecule has 12 heteroatoms. The minimum Gasteiger partial charge on any atom is -0.467 e. The van der Waals surface area contributed by atoms with Crippen LogP contribution >= 0.6 is 11.8 Å². The molecule has 2 saturated carbocycles. The van der Waals surface area contributed by atoms with Crippen LogP contribution in [0.25, 0.3) is 0 Å². The van der Waals surface area contributed by atoms with Gasteiger partial charge in [0.25, 0.3) is 0 Å². The summed E-state index contributed by atoms with van der Waals surface area (Å²) in [5, 5.41) is 1.46. The van der Waals surface area contributed by atoms with Gasteiger partial charge in [0.2, 0.25) is 13.6 Å². The molecule has 2 fully saturated rings. The molecule has 0 aromatic heterocycles. The molecule has 0 aromatic carbocycles. The SMILES string of the molecule is COC(=O)[C@H](CSC(=O)OCOC(=O)C1CCCCC1)NC(=O)OCOC(=O)C1CCCCC1. The zero-order chi connectivity index (χ0) is 24.8. The van der Waals surface area contributed by atoms with Gasteiger partial charge >= 0.3 is 29.3 Å². The zero-order valence-corrected chi connectivity index (χ0v) is 20.2. The van der Waals surface area contributed by atoms with Crippen LogP contribution in [0.4, 0.5) is 9.59 Å². The summed E-state index contributed by atoms with van der Waals surface area (Å²) in [7, 11) is 1.13. The highest BCUT2D eigenvalue weighted by molar-refractivity contribution is 8.13. The average molecular weight is 504 g/mol. The smallest absolute Gasteiger partial charge is 0.410 e. The van der Waals surface area contributed by atoms with Crippen molar-refractivity contribution in [1.29, 1.82) is 0 Å². The Morgan fingerprint density at radius 3 is 1.76 bits per heavy atom. The Bertz CT molecular complexity index is 704. The summed E-state index contributed by atoms with van der Waals surface area (Å²) in [5.41, 5.74) is 0. The molecule has 2 aliphatic carbocycles. The highest BCUT2D eigenvalue weighted by Gasteiger charge is 2.26. The number of methoxy groups -OCH3 is 1. The first kappa shape index (κ1) is 27.7. The number of thioether (sulfide) groups is 1. The first-order valence-electron chi connectivity index (χ1n) is 11.5. The lowest BCUT2D eigenvalue weighted by atomic mass is 9.89. The van der Waals surface area contributed by atoms with Gasteiger partial charge < -0.3 is 29.0 Å². The van der Waals surface area contributed by atoms with Crippen molar-refractivity contribution in [2.75, 3.05) is 26.4 Å². The van der Waals surface area contributed by atoms with Crippen molar-refractivity contribution >= 4 is 41.1 Å². The summed E-state index contributed by atoms with van der Waals surface area (Å²) in [6.07, 6.45) is 8.10. The second-order valence-electron chi connectivity index (χ2n) is 8.19. The number of carbonyl (C=O) groups is 5. The third-order valence-corrected chi connectivity index (χ3v) is 6.65. The minimum atomic E-state index is -1.21. The summed E-state index contributed by atoms with van der Waals surface area (Å²) in [6.45, 7) is -1.11. The van der Waals surface area contributed by atoms with E-state index in [9.17, 15) is 24.0 Å². The second-order valence-corrected chi connectivity index (χ2v) is 9.14. The monoisotopic (exact) mass is 503 g/mol. The van der Waals surface area contributed by atoms with Gasteiger partial charge in [0.1, 0.15) is 6.04 Å². The molecule has 2 aliphatic rings. The van der Waals surface area contributed by atoms with E-state index in [4.69, 9.17) is 18.9 Å². The molecule has 2 rings (SSSR count). The van der Waals surface area contributed by atoms with Crippen LogP contribution in [0.5, 0.6) is 0 Å². The van der Waals surface area contributed by atoms with Gasteiger partial charge in [0.05, 0.1) is 18.9 Å². The fourth-order valence-corrected chi connectivity index (χ4v) is 4.53. The van der Waals surface area contributed by atoms with E-state index >= 15 is 0 Å². The van der Waals surface area contributed by atoms with E-state index in [0.29, 0.717) is 11.8 Å². The molecule has 0 aliphatic heterocycles. The Labute approximate surface area is 202 Å². The third kappa shape index (κ3) is 10.2. The molecule has 0 saturated heterocycles. The molecule has 1 amide bonds. The highest BCUT2D eigenvalue weighted by Crippen LogP contribution is 2.25. The minimum absolute atomic E-state index is 0.166. The summed E-state index contributed by atoms with van der Waals surface area (Å²) in [6, 6.07) is -1.21. The van der Waals surface area contributed by atoms with Gasteiger partial charge in [-0.15, -0.1) is 0 Å². The van der Waals surface area contributed by atoms with E-state index < -0.39 is 48.9 Å². The fourth-order valence-electron chi connectivity index (χ4n) is 3.88. The van der Waals surface area contributed by atoms with Gasteiger partial charge in [0.15, 0.2) is 0 Å². The van der Waals surface area contributed by atoms with Crippen molar-refractivity contribution in [2.45, 2.75) is 70.3 Å². The third-order valence-electron chi connectivity index (χ3n) is 5.79. The Kier molecular flexibility index (Phi) is 12.6. The first-order chi connectivity index (χ1) is 16.4. The Morgan fingerprint density at radius 2 is 1.26 bits per heavy atom. The maximum Gasteiger partial charge on any atom is 0.410 e. The molecule has 34 heavy (non-hydrogen) atoms. The molecule has 1 atom stereocenters.